The first kappa shape index (κ1) is 28.2. The van der Waals surface area contributed by atoms with Crippen LogP contribution in [0.15, 0.2) is 170 Å². The smallest absolute Gasteiger partial charge is 0.0561 e. The summed E-state index contributed by atoms with van der Waals surface area (Å²) in [6.45, 7) is 0. The van der Waals surface area contributed by atoms with Crippen LogP contribution in [0.5, 0.6) is 0 Å². The van der Waals surface area contributed by atoms with Gasteiger partial charge < -0.3 is 9.47 Å². The third-order valence-electron chi connectivity index (χ3n) is 11.1. The standard InChI is InChI=1S/C47H36N2/c1-3-15-33(16-4-1)37-19-8-11-23-44(37)48(35-25-27-39-38-20-7-10-22-42(38)47(43(39)31-35)29-13-14-30-47)36-26-28-41-40-21-9-12-24-45(40)49(46(41)32-36)34-17-5-2-6-18-34/h1-12,15-28,31-32H,13-14,29-30H2. The van der Waals surface area contributed by atoms with Crippen molar-refractivity contribution in [3.63, 3.8) is 0 Å². The molecule has 234 valence electrons. The number of rotatable bonds is 5. The third-order valence-corrected chi connectivity index (χ3v) is 11.1. The normalized spacial score (nSPS) is 14.4. The molecule has 1 spiro atoms. The van der Waals surface area contributed by atoms with Gasteiger partial charge in [-0.1, -0.05) is 134 Å². The summed E-state index contributed by atoms with van der Waals surface area (Å²) in [5, 5.41) is 2.52. The van der Waals surface area contributed by atoms with Crippen LogP contribution in [0, 0.1) is 0 Å². The number of para-hydroxylation sites is 3. The molecule has 49 heavy (non-hydrogen) atoms. The average molecular weight is 629 g/mol. The summed E-state index contributed by atoms with van der Waals surface area (Å²) in [7, 11) is 0. The van der Waals surface area contributed by atoms with Gasteiger partial charge in [0, 0.05) is 38.8 Å². The molecule has 2 heteroatoms. The van der Waals surface area contributed by atoms with Crippen LogP contribution in [0.2, 0.25) is 0 Å². The highest BCUT2D eigenvalue weighted by Crippen LogP contribution is 2.58. The second kappa shape index (κ2) is 11.1. The minimum atomic E-state index is 0.0935. The monoisotopic (exact) mass is 628 g/mol. The highest BCUT2D eigenvalue weighted by molar-refractivity contribution is 6.10. The van der Waals surface area contributed by atoms with E-state index in [0.29, 0.717) is 0 Å². The fraction of sp³-hybridized carbons (Fsp3) is 0.106. The molecule has 10 rings (SSSR count). The van der Waals surface area contributed by atoms with Crippen LogP contribution in [0.4, 0.5) is 17.1 Å². The molecule has 0 radical (unpaired) electrons. The third kappa shape index (κ3) is 4.27. The molecule has 0 saturated heterocycles. The van der Waals surface area contributed by atoms with Crippen molar-refractivity contribution in [3.05, 3.63) is 181 Å². The number of nitrogens with zero attached hydrogens (tertiary/aromatic N) is 2. The van der Waals surface area contributed by atoms with Gasteiger partial charge in [0.2, 0.25) is 0 Å². The zero-order valence-corrected chi connectivity index (χ0v) is 27.4. The van der Waals surface area contributed by atoms with Crippen LogP contribution in [-0.2, 0) is 5.41 Å². The molecular formula is C47H36N2. The van der Waals surface area contributed by atoms with Crippen molar-refractivity contribution in [2.45, 2.75) is 31.1 Å². The predicted molar refractivity (Wildman–Crippen MR) is 206 cm³/mol. The van der Waals surface area contributed by atoms with E-state index in [4.69, 9.17) is 0 Å². The fourth-order valence-corrected chi connectivity index (χ4v) is 9.01. The molecule has 0 amide bonds. The molecule has 0 unspecified atom stereocenters. The van der Waals surface area contributed by atoms with Crippen LogP contribution in [0.25, 0.3) is 49.7 Å². The molecule has 2 aliphatic rings. The Morgan fingerprint density at radius 1 is 0.449 bits per heavy atom. The number of anilines is 3. The van der Waals surface area contributed by atoms with Crippen LogP contribution in [0.1, 0.15) is 36.8 Å². The van der Waals surface area contributed by atoms with Gasteiger partial charge in [-0.3, -0.25) is 0 Å². The molecule has 2 nitrogen and oxygen atoms in total. The Bertz CT molecular complexity index is 2500. The van der Waals surface area contributed by atoms with Crippen molar-refractivity contribution in [2.75, 3.05) is 4.90 Å². The lowest BCUT2D eigenvalue weighted by molar-refractivity contribution is 0.550. The first-order valence-corrected chi connectivity index (χ1v) is 17.6. The van der Waals surface area contributed by atoms with Crippen LogP contribution in [0.3, 0.4) is 0 Å². The van der Waals surface area contributed by atoms with Gasteiger partial charge in [-0.2, -0.15) is 0 Å². The zero-order valence-electron chi connectivity index (χ0n) is 27.4. The molecule has 0 atom stereocenters. The molecule has 0 N–H and O–H groups in total. The van der Waals surface area contributed by atoms with E-state index >= 15 is 0 Å². The number of hydrogen-bond donors (Lipinski definition) is 0. The molecule has 0 bridgehead atoms. The second-order valence-electron chi connectivity index (χ2n) is 13.7. The van der Waals surface area contributed by atoms with Gasteiger partial charge in [-0.15, -0.1) is 0 Å². The van der Waals surface area contributed by atoms with E-state index in [9.17, 15) is 0 Å². The fourth-order valence-electron chi connectivity index (χ4n) is 9.01. The van der Waals surface area contributed by atoms with Crippen molar-refractivity contribution in [3.8, 4) is 27.9 Å². The summed E-state index contributed by atoms with van der Waals surface area (Å²) in [4.78, 5) is 2.50. The lowest BCUT2D eigenvalue weighted by Gasteiger charge is -2.31. The van der Waals surface area contributed by atoms with E-state index in [1.165, 1.54) is 97.9 Å². The lowest BCUT2D eigenvalue weighted by atomic mass is 9.76. The molecule has 2 aliphatic carbocycles. The van der Waals surface area contributed by atoms with Crippen molar-refractivity contribution in [1.29, 1.82) is 0 Å². The van der Waals surface area contributed by atoms with Gasteiger partial charge in [-0.05, 0) is 89.2 Å². The number of benzene rings is 7. The molecular weight excluding hydrogens is 593 g/mol. The van der Waals surface area contributed by atoms with E-state index < -0.39 is 0 Å². The van der Waals surface area contributed by atoms with Crippen LogP contribution in [-0.4, -0.2) is 4.57 Å². The summed E-state index contributed by atoms with van der Waals surface area (Å²) in [5.41, 5.74) is 15.4. The lowest BCUT2D eigenvalue weighted by Crippen LogP contribution is -2.21. The van der Waals surface area contributed by atoms with E-state index in [-0.39, 0.29) is 5.41 Å². The summed E-state index contributed by atoms with van der Waals surface area (Å²) in [6, 6.07) is 62.7. The quantitative estimate of drug-likeness (QED) is 0.184. The molecule has 1 heterocycles. The Balaban J connectivity index is 1.24. The van der Waals surface area contributed by atoms with E-state index in [0.717, 1.165) is 5.69 Å². The maximum atomic E-state index is 2.53. The topological polar surface area (TPSA) is 8.17 Å². The van der Waals surface area contributed by atoms with Crippen LogP contribution < -0.4 is 4.90 Å². The predicted octanol–water partition coefficient (Wildman–Crippen LogP) is 12.8. The molecule has 7 aromatic carbocycles. The van der Waals surface area contributed by atoms with Gasteiger partial charge in [0.15, 0.2) is 0 Å². The summed E-state index contributed by atoms with van der Waals surface area (Å²) in [6.07, 6.45) is 4.98. The highest BCUT2D eigenvalue weighted by Gasteiger charge is 2.45. The van der Waals surface area contributed by atoms with Gasteiger partial charge in [-0.25, -0.2) is 0 Å². The van der Waals surface area contributed by atoms with E-state index in [1.54, 1.807) is 0 Å². The van der Waals surface area contributed by atoms with Gasteiger partial charge >= 0.3 is 0 Å². The number of aromatic nitrogens is 1. The highest BCUT2D eigenvalue weighted by atomic mass is 15.1. The van der Waals surface area contributed by atoms with Crippen molar-refractivity contribution < 1.29 is 0 Å². The van der Waals surface area contributed by atoms with Crippen molar-refractivity contribution in [1.82, 2.24) is 4.57 Å². The SMILES string of the molecule is c1ccc(-c2ccccc2N(c2ccc3c(c2)C2(CCCC2)c2ccccc2-3)c2ccc3c4ccccc4n(-c4ccccc4)c3c2)cc1. The minimum absolute atomic E-state index is 0.0935. The van der Waals surface area contributed by atoms with Crippen molar-refractivity contribution >= 4 is 38.9 Å². The Morgan fingerprint density at radius 3 is 1.90 bits per heavy atom. The van der Waals surface area contributed by atoms with Gasteiger partial charge in [0.25, 0.3) is 0 Å². The first-order chi connectivity index (χ1) is 24.3. The van der Waals surface area contributed by atoms with Gasteiger partial charge in [0.05, 0.1) is 16.7 Å². The summed E-state index contributed by atoms with van der Waals surface area (Å²) in [5.74, 6) is 0. The maximum Gasteiger partial charge on any atom is 0.0561 e. The van der Waals surface area contributed by atoms with E-state index in [2.05, 4.69) is 179 Å². The number of fused-ring (bicyclic) bond motifs is 8. The Hall–Kier alpha value is -5.86. The van der Waals surface area contributed by atoms with Gasteiger partial charge in [0.1, 0.15) is 0 Å². The molecule has 1 fully saturated rings. The Kier molecular flexibility index (Phi) is 6.39. The summed E-state index contributed by atoms with van der Waals surface area (Å²) >= 11 is 0. The summed E-state index contributed by atoms with van der Waals surface area (Å²) < 4.78 is 2.42. The molecule has 1 saturated carbocycles. The Labute approximate surface area is 287 Å². The Morgan fingerprint density at radius 2 is 1.06 bits per heavy atom. The van der Waals surface area contributed by atoms with Crippen molar-refractivity contribution in [2.24, 2.45) is 0 Å². The zero-order chi connectivity index (χ0) is 32.4. The van der Waals surface area contributed by atoms with E-state index in [1.807, 2.05) is 0 Å². The first-order valence-electron chi connectivity index (χ1n) is 17.6. The number of hydrogen-bond acceptors (Lipinski definition) is 1. The second-order valence-corrected chi connectivity index (χ2v) is 13.7. The minimum Gasteiger partial charge on any atom is -0.310 e. The molecule has 1 aromatic heterocycles. The van der Waals surface area contributed by atoms with Crippen LogP contribution >= 0.6 is 0 Å². The largest absolute Gasteiger partial charge is 0.310 e. The average Bonchev–Trinajstić information content (AvgIpc) is 3.87. The maximum absolute atomic E-state index is 2.53. The molecule has 0 aliphatic heterocycles. The molecule has 8 aromatic rings.